The fourth-order valence-electron chi connectivity index (χ4n) is 7.09. The van der Waals surface area contributed by atoms with Gasteiger partial charge in [0.1, 0.15) is 5.75 Å². The Morgan fingerprint density at radius 3 is 2.71 bits per heavy atom. The van der Waals surface area contributed by atoms with Crippen molar-refractivity contribution in [2.24, 2.45) is 17.8 Å². The SMILES string of the molecule is Nc1nnc(-c2ccccc2O)cc1N1CC2CC3(c4ccnc(C#CCNC(=O)c5cccnc5)n4)CC(C1)C23. The predicted molar refractivity (Wildman–Crippen MR) is 153 cm³/mol. The van der Waals surface area contributed by atoms with E-state index in [1.807, 2.05) is 24.3 Å². The molecule has 1 amide bonds. The van der Waals surface area contributed by atoms with E-state index in [0.29, 0.717) is 46.2 Å². The van der Waals surface area contributed by atoms with Gasteiger partial charge < -0.3 is 21.1 Å². The van der Waals surface area contributed by atoms with Crippen molar-refractivity contribution in [2.45, 2.75) is 18.3 Å². The minimum absolute atomic E-state index is 0.0817. The fourth-order valence-corrected chi connectivity index (χ4v) is 7.09. The van der Waals surface area contributed by atoms with Crippen LogP contribution in [-0.4, -0.2) is 55.8 Å². The van der Waals surface area contributed by atoms with Crippen molar-refractivity contribution >= 4 is 17.4 Å². The van der Waals surface area contributed by atoms with Crippen molar-refractivity contribution in [3.63, 3.8) is 0 Å². The minimum atomic E-state index is -0.216. The highest BCUT2D eigenvalue weighted by molar-refractivity contribution is 5.93. The summed E-state index contributed by atoms with van der Waals surface area (Å²) in [5, 5.41) is 21.5. The first-order chi connectivity index (χ1) is 20.0. The summed E-state index contributed by atoms with van der Waals surface area (Å²) >= 11 is 0. The lowest BCUT2D eigenvalue weighted by molar-refractivity contribution is -0.135. The van der Waals surface area contributed by atoms with Crippen molar-refractivity contribution in [1.82, 2.24) is 30.5 Å². The van der Waals surface area contributed by atoms with Crippen LogP contribution in [0.4, 0.5) is 11.5 Å². The minimum Gasteiger partial charge on any atom is -0.507 e. The lowest BCUT2D eigenvalue weighted by Gasteiger charge is -2.71. The van der Waals surface area contributed by atoms with Gasteiger partial charge in [0.2, 0.25) is 5.82 Å². The smallest absolute Gasteiger partial charge is 0.253 e. The van der Waals surface area contributed by atoms with Gasteiger partial charge >= 0.3 is 0 Å². The van der Waals surface area contributed by atoms with Gasteiger partial charge in [-0.05, 0) is 72.9 Å². The summed E-state index contributed by atoms with van der Waals surface area (Å²) in [6, 6.07) is 14.5. The van der Waals surface area contributed by atoms with E-state index < -0.39 is 0 Å². The molecular formula is C31H28N8O2. The second-order valence-electron chi connectivity index (χ2n) is 11.0. The largest absolute Gasteiger partial charge is 0.507 e. The number of phenols is 1. The van der Waals surface area contributed by atoms with Gasteiger partial charge in [0.25, 0.3) is 5.91 Å². The Hall–Kier alpha value is -5.04. The van der Waals surface area contributed by atoms with Gasteiger partial charge in [-0.15, -0.1) is 10.2 Å². The molecule has 3 aliphatic rings. The Labute approximate surface area is 237 Å². The normalized spacial score (nSPS) is 23.7. The number of para-hydroxylation sites is 1. The molecule has 2 aliphatic carbocycles. The Morgan fingerprint density at radius 2 is 1.93 bits per heavy atom. The number of carbonyl (C=O) groups excluding carboxylic acids is 1. The molecule has 4 heterocycles. The molecule has 2 atom stereocenters. The lowest BCUT2D eigenvalue weighted by atomic mass is 9.36. The van der Waals surface area contributed by atoms with Gasteiger partial charge in [-0.1, -0.05) is 18.1 Å². The Kier molecular flexibility index (Phi) is 6.00. The van der Waals surface area contributed by atoms with E-state index in [4.69, 9.17) is 10.7 Å². The lowest BCUT2D eigenvalue weighted by Crippen LogP contribution is -2.71. The maximum Gasteiger partial charge on any atom is 0.253 e. The third-order valence-corrected chi connectivity index (χ3v) is 8.77. The molecule has 1 saturated heterocycles. The standard InChI is InChI=1S/C31H28N8O2/c32-29-24(13-23(37-38-29)22-6-1-2-7-25(22)40)39-17-20-14-31(15-21(18-39)28(20)31)26-9-12-34-27(36-26)8-4-11-35-30(41)19-5-3-10-33-16-19/h1-3,5-7,9-10,12-13,16,20-21,28,40H,11,14-15,17-18H2,(H2,32,38)(H,35,41). The average Bonchev–Trinajstić information content (AvgIpc) is 2.97. The van der Waals surface area contributed by atoms with Crippen molar-refractivity contribution < 1.29 is 9.90 Å². The molecule has 1 aromatic carbocycles. The number of hydrogen-bond acceptors (Lipinski definition) is 9. The van der Waals surface area contributed by atoms with Crippen LogP contribution < -0.4 is 16.0 Å². The van der Waals surface area contributed by atoms with Crippen LogP contribution >= 0.6 is 0 Å². The summed E-state index contributed by atoms with van der Waals surface area (Å²) in [6.45, 7) is 1.99. The first-order valence-corrected chi connectivity index (χ1v) is 13.7. The molecule has 4 N–H and O–H groups in total. The number of anilines is 2. The maximum absolute atomic E-state index is 12.2. The number of nitrogens with one attached hydrogen (secondary N) is 1. The zero-order valence-electron chi connectivity index (χ0n) is 22.2. The third kappa shape index (κ3) is 4.30. The highest BCUT2D eigenvalue weighted by Gasteiger charge is 2.68. The van der Waals surface area contributed by atoms with E-state index in [1.54, 1.807) is 36.7 Å². The number of nitrogens with zero attached hydrogens (tertiary/aromatic N) is 6. The van der Waals surface area contributed by atoms with Gasteiger partial charge in [-0.2, -0.15) is 0 Å². The molecule has 4 aromatic rings. The van der Waals surface area contributed by atoms with E-state index in [1.165, 1.54) is 6.20 Å². The van der Waals surface area contributed by atoms with Crippen LogP contribution in [0.1, 0.15) is 34.7 Å². The molecule has 0 bridgehead atoms. The first kappa shape index (κ1) is 25.0. The highest BCUT2D eigenvalue weighted by atomic mass is 16.3. The zero-order chi connectivity index (χ0) is 28.0. The molecule has 10 heteroatoms. The van der Waals surface area contributed by atoms with E-state index in [2.05, 4.69) is 42.2 Å². The molecule has 3 fully saturated rings. The van der Waals surface area contributed by atoms with Crippen LogP contribution in [-0.2, 0) is 5.41 Å². The van der Waals surface area contributed by atoms with Crippen molar-refractivity contribution in [3.8, 4) is 28.8 Å². The number of nitrogen functional groups attached to an aromatic ring is 1. The van der Waals surface area contributed by atoms with Crippen LogP contribution in [0.15, 0.2) is 67.1 Å². The molecule has 204 valence electrons. The molecule has 41 heavy (non-hydrogen) atoms. The van der Waals surface area contributed by atoms with E-state index in [-0.39, 0.29) is 23.6 Å². The molecule has 2 unspecified atom stereocenters. The molecule has 7 rings (SSSR count). The zero-order valence-corrected chi connectivity index (χ0v) is 22.2. The molecule has 3 aromatic heterocycles. The predicted octanol–water partition coefficient (Wildman–Crippen LogP) is 2.81. The number of pyridine rings is 1. The van der Waals surface area contributed by atoms with Gasteiger partial charge in [0, 0.05) is 42.7 Å². The van der Waals surface area contributed by atoms with Crippen LogP contribution in [0, 0.1) is 29.6 Å². The maximum atomic E-state index is 12.2. The Bertz CT molecular complexity index is 1680. The van der Waals surface area contributed by atoms with Crippen LogP contribution in [0.25, 0.3) is 11.3 Å². The molecule has 1 aliphatic heterocycles. The summed E-state index contributed by atoms with van der Waals surface area (Å²) in [4.78, 5) is 27.7. The topological polar surface area (TPSA) is 143 Å². The molecule has 10 nitrogen and oxygen atoms in total. The second kappa shape index (κ2) is 9.86. The van der Waals surface area contributed by atoms with Gasteiger partial charge in [-0.25, -0.2) is 9.97 Å². The Morgan fingerprint density at radius 1 is 1.10 bits per heavy atom. The van der Waals surface area contributed by atoms with E-state index >= 15 is 0 Å². The number of nitrogens with two attached hydrogens (primary N) is 1. The van der Waals surface area contributed by atoms with Crippen LogP contribution in [0.3, 0.4) is 0 Å². The van der Waals surface area contributed by atoms with Crippen molar-refractivity contribution in [1.29, 1.82) is 0 Å². The summed E-state index contributed by atoms with van der Waals surface area (Å²) in [5.74, 6) is 8.45. The van der Waals surface area contributed by atoms with Crippen molar-refractivity contribution in [3.05, 3.63) is 84.2 Å². The first-order valence-electron chi connectivity index (χ1n) is 13.7. The summed E-state index contributed by atoms with van der Waals surface area (Å²) in [7, 11) is 0. The molecule has 0 spiro atoms. The summed E-state index contributed by atoms with van der Waals surface area (Å²) < 4.78 is 0. The number of aromatic hydroxyl groups is 1. The van der Waals surface area contributed by atoms with Gasteiger partial charge in [0.05, 0.1) is 29.2 Å². The summed E-state index contributed by atoms with van der Waals surface area (Å²) in [6.07, 6.45) is 7.05. The van der Waals surface area contributed by atoms with E-state index in [0.717, 1.165) is 37.3 Å². The number of aromatic nitrogens is 5. The van der Waals surface area contributed by atoms with Crippen LogP contribution in [0.5, 0.6) is 5.75 Å². The average molecular weight is 545 g/mol. The number of benzene rings is 1. The molecule has 2 saturated carbocycles. The van der Waals surface area contributed by atoms with Gasteiger partial charge in [0.15, 0.2) is 5.82 Å². The highest BCUT2D eigenvalue weighted by Crippen LogP contribution is 2.69. The van der Waals surface area contributed by atoms with Crippen molar-refractivity contribution in [2.75, 3.05) is 30.3 Å². The molecular weight excluding hydrogens is 516 g/mol. The number of amides is 1. The number of piperidine rings is 1. The second-order valence-corrected chi connectivity index (χ2v) is 11.0. The molecule has 0 radical (unpaired) electrons. The quantitative estimate of drug-likeness (QED) is 0.323. The number of phenolic OH excluding ortho intramolecular Hbond substituents is 1. The number of carbonyl (C=O) groups is 1. The van der Waals surface area contributed by atoms with Crippen LogP contribution in [0.2, 0.25) is 0 Å². The Balaban J connectivity index is 1.02. The number of hydrogen-bond donors (Lipinski definition) is 3. The van der Waals surface area contributed by atoms with Gasteiger partial charge in [-0.3, -0.25) is 9.78 Å². The monoisotopic (exact) mass is 544 g/mol. The third-order valence-electron chi connectivity index (χ3n) is 8.77. The summed E-state index contributed by atoms with van der Waals surface area (Å²) in [5.41, 5.74) is 10.1. The fraction of sp³-hybridized carbons (Fsp3) is 0.290. The van der Waals surface area contributed by atoms with E-state index in [9.17, 15) is 9.90 Å². The number of rotatable bonds is 5.